The summed E-state index contributed by atoms with van der Waals surface area (Å²) >= 11 is 1.68. The van der Waals surface area contributed by atoms with Gasteiger partial charge in [-0.05, 0) is 49.6 Å². The number of nitrogens with one attached hydrogen (secondary N) is 1. The van der Waals surface area contributed by atoms with Crippen molar-refractivity contribution in [3.8, 4) is 11.8 Å². The molecule has 0 spiro atoms. The third-order valence-electron chi connectivity index (χ3n) is 3.61. The number of nitrogens with zero attached hydrogens (tertiary/aromatic N) is 2. The highest BCUT2D eigenvalue weighted by molar-refractivity contribution is 7.98. The average Bonchev–Trinajstić information content (AvgIpc) is 2.62. The molecule has 0 radical (unpaired) electrons. The third kappa shape index (κ3) is 3.29. The van der Waals surface area contributed by atoms with Gasteiger partial charge in [-0.1, -0.05) is 6.07 Å². The van der Waals surface area contributed by atoms with E-state index in [-0.39, 0.29) is 0 Å². The first-order valence-corrected chi connectivity index (χ1v) is 8.84. The van der Waals surface area contributed by atoms with Gasteiger partial charge in [0.05, 0.1) is 23.4 Å². The van der Waals surface area contributed by atoms with Gasteiger partial charge < -0.3 is 10.1 Å². The number of thioether (sulfide) groups is 1. The van der Waals surface area contributed by atoms with Crippen LogP contribution in [0.3, 0.4) is 0 Å². The maximum absolute atomic E-state index is 9.46. The van der Waals surface area contributed by atoms with Crippen LogP contribution in [-0.2, 0) is 0 Å². The molecule has 1 aromatic heterocycles. The molecule has 0 aliphatic rings. The summed E-state index contributed by atoms with van der Waals surface area (Å²) in [7, 11) is 0. The number of ether oxygens (including phenoxy) is 1. The zero-order valence-corrected chi connectivity index (χ0v) is 14.4. The number of fused-ring (bicyclic) bond motifs is 1. The van der Waals surface area contributed by atoms with Crippen LogP contribution >= 0.6 is 11.8 Å². The van der Waals surface area contributed by atoms with Crippen molar-refractivity contribution < 1.29 is 4.74 Å². The quantitative estimate of drug-likeness (QED) is 0.667. The summed E-state index contributed by atoms with van der Waals surface area (Å²) in [5, 5.41) is 13.7. The monoisotopic (exact) mass is 335 g/mol. The second kappa shape index (κ2) is 7.24. The Morgan fingerprint density at radius 3 is 2.88 bits per heavy atom. The number of pyridine rings is 1. The van der Waals surface area contributed by atoms with Crippen molar-refractivity contribution in [2.45, 2.75) is 11.8 Å². The number of nitriles is 1. The van der Waals surface area contributed by atoms with Gasteiger partial charge >= 0.3 is 0 Å². The zero-order chi connectivity index (χ0) is 16.9. The first-order valence-electron chi connectivity index (χ1n) is 7.62. The fraction of sp³-hybridized carbons (Fsp3) is 0.158. The fourth-order valence-electron chi connectivity index (χ4n) is 2.49. The highest BCUT2D eigenvalue weighted by atomic mass is 32.2. The van der Waals surface area contributed by atoms with E-state index < -0.39 is 0 Å². The van der Waals surface area contributed by atoms with E-state index in [0.29, 0.717) is 12.2 Å². The van der Waals surface area contributed by atoms with Crippen LogP contribution < -0.4 is 10.1 Å². The Kier molecular flexibility index (Phi) is 4.88. The van der Waals surface area contributed by atoms with Crippen LogP contribution in [0.5, 0.6) is 5.75 Å². The third-order valence-corrected chi connectivity index (χ3v) is 4.34. The molecule has 1 N–H and O–H groups in total. The molecular weight excluding hydrogens is 318 g/mol. The summed E-state index contributed by atoms with van der Waals surface area (Å²) in [4.78, 5) is 5.53. The van der Waals surface area contributed by atoms with Crippen molar-refractivity contribution in [1.29, 1.82) is 5.26 Å². The predicted molar refractivity (Wildman–Crippen MR) is 99.1 cm³/mol. The largest absolute Gasteiger partial charge is 0.494 e. The van der Waals surface area contributed by atoms with Crippen LogP contribution in [0.4, 0.5) is 11.4 Å². The number of hydrogen-bond acceptors (Lipinski definition) is 5. The van der Waals surface area contributed by atoms with Crippen molar-refractivity contribution in [3.63, 3.8) is 0 Å². The maximum atomic E-state index is 9.46. The summed E-state index contributed by atoms with van der Waals surface area (Å²) in [5.41, 5.74) is 3.02. The molecule has 0 amide bonds. The number of hydrogen-bond donors (Lipinski definition) is 1. The Labute approximate surface area is 145 Å². The van der Waals surface area contributed by atoms with Crippen LogP contribution in [0, 0.1) is 11.3 Å². The number of aromatic nitrogens is 1. The molecule has 120 valence electrons. The lowest BCUT2D eigenvalue weighted by molar-refractivity contribution is 0.340. The number of benzene rings is 2. The molecule has 0 aliphatic heterocycles. The normalized spacial score (nSPS) is 10.4. The summed E-state index contributed by atoms with van der Waals surface area (Å²) in [6.07, 6.45) is 3.64. The maximum Gasteiger partial charge on any atom is 0.120 e. The minimum atomic E-state index is 0.505. The molecule has 0 saturated carbocycles. The van der Waals surface area contributed by atoms with Crippen LogP contribution in [0.15, 0.2) is 53.6 Å². The molecule has 0 atom stereocenters. The lowest BCUT2D eigenvalue weighted by atomic mass is 10.1. The zero-order valence-electron chi connectivity index (χ0n) is 13.5. The molecule has 0 bridgehead atoms. The van der Waals surface area contributed by atoms with Gasteiger partial charge in [-0.2, -0.15) is 5.26 Å². The Balaban J connectivity index is 2.12. The first-order chi connectivity index (χ1) is 11.7. The Hall–Kier alpha value is -2.71. The second-order valence-corrected chi connectivity index (χ2v) is 6.01. The van der Waals surface area contributed by atoms with Crippen molar-refractivity contribution in [2.75, 3.05) is 18.2 Å². The van der Waals surface area contributed by atoms with Crippen LogP contribution in [0.1, 0.15) is 12.5 Å². The SMILES string of the molecule is CCOc1ccc2ncc(C#N)c(Nc3cccc(SC)c3)c2c1. The minimum absolute atomic E-state index is 0.505. The Morgan fingerprint density at radius 1 is 1.25 bits per heavy atom. The highest BCUT2D eigenvalue weighted by Gasteiger charge is 2.11. The molecule has 0 saturated heterocycles. The fourth-order valence-corrected chi connectivity index (χ4v) is 2.95. The standard InChI is InChI=1S/C19H17N3OS/c1-3-23-15-7-8-18-17(10-15)19(13(11-20)12-21-18)22-14-5-4-6-16(9-14)24-2/h4-10,12H,3H2,1-2H3,(H,21,22). The van der Waals surface area contributed by atoms with Crippen LogP contribution in [0.2, 0.25) is 0 Å². The molecule has 5 heteroatoms. The van der Waals surface area contributed by atoms with Crippen LogP contribution in [-0.4, -0.2) is 17.8 Å². The topological polar surface area (TPSA) is 57.9 Å². The van der Waals surface area contributed by atoms with Crippen molar-refractivity contribution in [2.24, 2.45) is 0 Å². The van der Waals surface area contributed by atoms with Gasteiger partial charge in [0.25, 0.3) is 0 Å². The van der Waals surface area contributed by atoms with Gasteiger partial charge in [-0.25, -0.2) is 0 Å². The predicted octanol–water partition coefficient (Wildman–Crippen LogP) is 4.97. The second-order valence-electron chi connectivity index (χ2n) is 5.13. The van der Waals surface area contributed by atoms with Crippen molar-refractivity contribution in [1.82, 2.24) is 4.98 Å². The molecule has 0 fully saturated rings. The summed E-state index contributed by atoms with van der Waals surface area (Å²) < 4.78 is 5.59. The average molecular weight is 335 g/mol. The molecule has 0 aliphatic carbocycles. The van der Waals surface area contributed by atoms with E-state index in [2.05, 4.69) is 28.5 Å². The van der Waals surface area contributed by atoms with E-state index >= 15 is 0 Å². The Morgan fingerprint density at radius 2 is 2.12 bits per heavy atom. The molecule has 24 heavy (non-hydrogen) atoms. The summed E-state index contributed by atoms with van der Waals surface area (Å²) in [5.74, 6) is 0.766. The lowest BCUT2D eigenvalue weighted by Crippen LogP contribution is -1.98. The van der Waals surface area contributed by atoms with E-state index in [4.69, 9.17) is 4.74 Å². The van der Waals surface area contributed by atoms with Gasteiger partial charge in [0, 0.05) is 22.2 Å². The first kappa shape index (κ1) is 16.2. The Bertz CT molecular complexity index is 918. The summed E-state index contributed by atoms with van der Waals surface area (Å²) in [6, 6.07) is 16.0. The molecule has 3 rings (SSSR count). The number of rotatable bonds is 5. The molecule has 0 unspecified atom stereocenters. The minimum Gasteiger partial charge on any atom is -0.494 e. The van der Waals surface area contributed by atoms with E-state index in [1.54, 1.807) is 18.0 Å². The van der Waals surface area contributed by atoms with E-state index in [1.807, 2.05) is 43.5 Å². The van der Waals surface area contributed by atoms with Crippen molar-refractivity contribution in [3.05, 3.63) is 54.2 Å². The van der Waals surface area contributed by atoms with E-state index in [1.165, 1.54) is 0 Å². The van der Waals surface area contributed by atoms with Gasteiger partial charge in [-0.15, -0.1) is 11.8 Å². The molecule has 3 aromatic rings. The molecule has 1 heterocycles. The number of anilines is 2. The summed E-state index contributed by atoms with van der Waals surface area (Å²) in [6.45, 7) is 2.54. The highest BCUT2D eigenvalue weighted by Crippen LogP contribution is 2.32. The van der Waals surface area contributed by atoms with E-state index in [9.17, 15) is 5.26 Å². The van der Waals surface area contributed by atoms with Gasteiger partial charge in [0.1, 0.15) is 11.8 Å². The molecule has 4 nitrogen and oxygen atoms in total. The lowest BCUT2D eigenvalue weighted by Gasteiger charge is -2.13. The van der Waals surface area contributed by atoms with Crippen LogP contribution in [0.25, 0.3) is 10.9 Å². The molecule has 2 aromatic carbocycles. The van der Waals surface area contributed by atoms with Gasteiger partial charge in [0.15, 0.2) is 0 Å². The van der Waals surface area contributed by atoms with Crippen molar-refractivity contribution >= 4 is 34.0 Å². The molecular formula is C19H17N3OS. The van der Waals surface area contributed by atoms with Gasteiger partial charge in [-0.3, -0.25) is 4.98 Å². The smallest absolute Gasteiger partial charge is 0.120 e. The van der Waals surface area contributed by atoms with Gasteiger partial charge in [0.2, 0.25) is 0 Å². The van der Waals surface area contributed by atoms with E-state index in [0.717, 1.165) is 32.9 Å².